The predicted molar refractivity (Wildman–Crippen MR) is 77.0 cm³/mol. The summed E-state index contributed by atoms with van der Waals surface area (Å²) in [4.78, 5) is 8.69. The summed E-state index contributed by atoms with van der Waals surface area (Å²) in [6, 6.07) is 5.80. The molecular formula is C15H22N4O. The third kappa shape index (κ3) is 4.42. The van der Waals surface area contributed by atoms with Crippen LogP contribution in [-0.2, 0) is 12.8 Å². The Morgan fingerprint density at radius 1 is 1.30 bits per heavy atom. The average Bonchev–Trinajstić information content (AvgIpc) is 2.86. The molecule has 0 fully saturated rings. The molecule has 2 rings (SSSR count). The Morgan fingerprint density at radius 2 is 2.15 bits per heavy atom. The number of nitrogens with zero attached hydrogens (tertiary/aromatic N) is 3. The lowest BCUT2D eigenvalue weighted by Gasteiger charge is -2.14. The van der Waals surface area contributed by atoms with Crippen molar-refractivity contribution >= 4 is 0 Å². The van der Waals surface area contributed by atoms with Gasteiger partial charge < -0.3 is 10.3 Å². The number of pyridine rings is 1. The lowest BCUT2D eigenvalue weighted by Crippen LogP contribution is -2.19. The van der Waals surface area contributed by atoms with Gasteiger partial charge in [-0.15, -0.1) is 0 Å². The first-order valence-corrected chi connectivity index (χ1v) is 7.08. The van der Waals surface area contributed by atoms with Crippen LogP contribution in [0.2, 0.25) is 0 Å². The molecule has 0 amide bonds. The minimum atomic E-state index is 0.401. The fraction of sp³-hybridized carbons (Fsp3) is 0.533. The van der Waals surface area contributed by atoms with Crippen LogP contribution in [0.3, 0.4) is 0 Å². The van der Waals surface area contributed by atoms with Gasteiger partial charge in [-0.05, 0) is 36.9 Å². The molecule has 2 aromatic rings. The van der Waals surface area contributed by atoms with Gasteiger partial charge in [-0.1, -0.05) is 25.1 Å². The van der Waals surface area contributed by atoms with E-state index in [1.165, 1.54) is 0 Å². The van der Waals surface area contributed by atoms with Crippen molar-refractivity contribution in [1.29, 1.82) is 0 Å². The zero-order valence-electron chi connectivity index (χ0n) is 12.1. The molecule has 0 aliphatic carbocycles. The van der Waals surface area contributed by atoms with Crippen LogP contribution in [0.25, 0.3) is 0 Å². The summed E-state index contributed by atoms with van der Waals surface area (Å²) in [5.41, 5.74) is 6.74. The molecule has 5 nitrogen and oxygen atoms in total. The van der Waals surface area contributed by atoms with E-state index in [0.717, 1.165) is 18.5 Å². The van der Waals surface area contributed by atoms with Gasteiger partial charge in [0.15, 0.2) is 5.82 Å². The molecule has 0 aromatic carbocycles. The van der Waals surface area contributed by atoms with Gasteiger partial charge in [0.25, 0.3) is 0 Å². The maximum Gasteiger partial charge on any atom is 0.226 e. The summed E-state index contributed by atoms with van der Waals surface area (Å²) in [5.74, 6) is 2.38. The first kappa shape index (κ1) is 14.7. The third-order valence-corrected chi connectivity index (χ3v) is 3.18. The molecule has 20 heavy (non-hydrogen) atoms. The smallest absolute Gasteiger partial charge is 0.226 e. The van der Waals surface area contributed by atoms with E-state index in [0.29, 0.717) is 36.5 Å². The van der Waals surface area contributed by atoms with Crippen molar-refractivity contribution in [1.82, 2.24) is 15.1 Å². The molecule has 0 spiro atoms. The Morgan fingerprint density at radius 3 is 2.80 bits per heavy atom. The van der Waals surface area contributed by atoms with E-state index in [9.17, 15) is 0 Å². The zero-order valence-corrected chi connectivity index (χ0v) is 12.1. The molecule has 2 heterocycles. The molecule has 1 unspecified atom stereocenters. The molecule has 0 aliphatic heterocycles. The molecular weight excluding hydrogens is 252 g/mol. The first-order chi connectivity index (χ1) is 9.67. The van der Waals surface area contributed by atoms with Gasteiger partial charge in [0.1, 0.15) is 0 Å². The van der Waals surface area contributed by atoms with Crippen molar-refractivity contribution < 1.29 is 4.52 Å². The van der Waals surface area contributed by atoms with E-state index in [1.54, 1.807) is 6.20 Å². The fourth-order valence-corrected chi connectivity index (χ4v) is 2.29. The normalized spacial score (nSPS) is 12.8. The van der Waals surface area contributed by atoms with Crippen molar-refractivity contribution in [3.8, 4) is 0 Å². The Bertz CT molecular complexity index is 510. The van der Waals surface area contributed by atoms with Gasteiger partial charge in [-0.25, -0.2) is 0 Å². The zero-order chi connectivity index (χ0) is 14.4. The van der Waals surface area contributed by atoms with Gasteiger partial charge in [0, 0.05) is 18.3 Å². The number of rotatable bonds is 7. The number of hydrogen-bond donors (Lipinski definition) is 1. The topological polar surface area (TPSA) is 77.8 Å². The monoisotopic (exact) mass is 274 g/mol. The van der Waals surface area contributed by atoms with E-state index >= 15 is 0 Å². The van der Waals surface area contributed by atoms with Crippen LogP contribution in [0.1, 0.15) is 37.7 Å². The quantitative estimate of drug-likeness (QED) is 0.837. The second-order valence-corrected chi connectivity index (χ2v) is 5.54. The average molecular weight is 274 g/mol. The molecule has 1 atom stereocenters. The van der Waals surface area contributed by atoms with Crippen molar-refractivity contribution in [3.05, 3.63) is 41.8 Å². The van der Waals surface area contributed by atoms with Gasteiger partial charge in [0.2, 0.25) is 5.89 Å². The SMILES string of the molecule is CC(C)CC(CN)Cc1nc(Cc2ccccn2)no1. The highest BCUT2D eigenvalue weighted by Crippen LogP contribution is 2.15. The van der Waals surface area contributed by atoms with Crippen molar-refractivity contribution in [3.63, 3.8) is 0 Å². The van der Waals surface area contributed by atoms with E-state index in [1.807, 2.05) is 18.2 Å². The summed E-state index contributed by atoms with van der Waals surface area (Å²) in [6.07, 6.45) is 4.20. The minimum Gasteiger partial charge on any atom is -0.339 e. The van der Waals surface area contributed by atoms with Crippen molar-refractivity contribution in [2.24, 2.45) is 17.6 Å². The number of nitrogens with two attached hydrogens (primary N) is 1. The van der Waals surface area contributed by atoms with Crippen LogP contribution in [0, 0.1) is 11.8 Å². The molecule has 2 aromatic heterocycles. The van der Waals surface area contributed by atoms with Gasteiger partial charge in [-0.2, -0.15) is 4.98 Å². The fourth-order valence-electron chi connectivity index (χ4n) is 2.29. The summed E-state index contributed by atoms with van der Waals surface area (Å²) in [5, 5.41) is 4.01. The minimum absolute atomic E-state index is 0.401. The second kappa shape index (κ2) is 7.14. The molecule has 0 saturated carbocycles. The maximum atomic E-state index is 5.80. The number of aromatic nitrogens is 3. The van der Waals surface area contributed by atoms with E-state index in [4.69, 9.17) is 10.3 Å². The summed E-state index contributed by atoms with van der Waals surface area (Å²) >= 11 is 0. The van der Waals surface area contributed by atoms with Gasteiger partial charge in [-0.3, -0.25) is 4.98 Å². The van der Waals surface area contributed by atoms with Crippen molar-refractivity contribution in [2.45, 2.75) is 33.1 Å². The highest BCUT2D eigenvalue weighted by atomic mass is 16.5. The molecule has 0 saturated heterocycles. The molecule has 0 aliphatic rings. The number of hydrogen-bond acceptors (Lipinski definition) is 5. The lowest BCUT2D eigenvalue weighted by atomic mass is 9.94. The molecule has 0 radical (unpaired) electrons. The summed E-state index contributed by atoms with van der Waals surface area (Å²) < 4.78 is 5.31. The lowest BCUT2D eigenvalue weighted by molar-refractivity contribution is 0.329. The van der Waals surface area contributed by atoms with Crippen molar-refractivity contribution in [2.75, 3.05) is 6.54 Å². The summed E-state index contributed by atoms with van der Waals surface area (Å²) in [6.45, 7) is 5.04. The van der Waals surface area contributed by atoms with Gasteiger partial charge >= 0.3 is 0 Å². The maximum absolute atomic E-state index is 5.80. The Balaban J connectivity index is 1.95. The Hall–Kier alpha value is -1.75. The van der Waals surface area contributed by atoms with Crippen LogP contribution in [0.15, 0.2) is 28.9 Å². The molecule has 2 N–H and O–H groups in total. The molecule has 0 bridgehead atoms. The van der Waals surface area contributed by atoms with Crippen LogP contribution in [0.4, 0.5) is 0 Å². The van der Waals surface area contributed by atoms with Crippen LogP contribution >= 0.6 is 0 Å². The van der Waals surface area contributed by atoms with E-state index in [-0.39, 0.29) is 0 Å². The highest BCUT2D eigenvalue weighted by molar-refractivity contribution is 5.09. The van der Waals surface area contributed by atoms with Gasteiger partial charge in [0.05, 0.1) is 6.42 Å². The second-order valence-electron chi connectivity index (χ2n) is 5.54. The van der Waals surface area contributed by atoms with E-state index < -0.39 is 0 Å². The van der Waals surface area contributed by atoms with Crippen LogP contribution in [0.5, 0.6) is 0 Å². The highest BCUT2D eigenvalue weighted by Gasteiger charge is 2.15. The molecule has 108 valence electrons. The largest absolute Gasteiger partial charge is 0.339 e. The standard InChI is InChI=1S/C15H22N4O/c1-11(2)7-12(10-16)8-15-18-14(19-20-15)9-13-5-3-4-6-17-13/h3-6,11-12H,7-10,16H2,1-2H3. The first-order valence-electron chi connectivity index (χ1n) is 7.08. The summed E-state index contributed by atoms with van der Waals surface area (Å²) in [7, 11) is 0. The predicted octanol–water partition coefficient (Wildman–Crippen LogP) is 2.22. The Kier molecular flexibility index (Phi) is 5.24. The van der Waals surface area contributed by atoms with Crippen LogP contribution < -0.4 is 5.73 Å². The Labute approximate surface area is 119 Å². The van der Waals surface area contributed by atoms with Crippen LogP contribution in [-0.4, -0.2) is 21.7 Å². The molecule has 5 heteroatoms. The third-order valence-electron chi connectivity index (χ3n) is 3.18. The van der Waals surface area contributed by atoms with E-state index in [2.05, 4.69) is 29.0 Å².